The van der Waals surface area contributed by atoms with Gasteiger partial charge in [-0.1, -0.05) is 27.9 Å². The number of fused-ring (bicyclic) bond motifs is 1. The average Bonchev–Trinajstić information content (AvgIpc) is 2.62. The van der Waals surface area contributed by atoms with E-state index in [1.54, 1.807) is 6.20 Å². The molecule has 2 aromatic heterocycles. The molecule has 0 aliphatic rings. The highest BCUT2D eigenvalue weighted by Crippen LogP contribution is 2.29. The van der Waals surface area contributed by atoms with Gasteiger partial charge in [-0.3, -0.25) is 4.79 Å². The molecule has 0 aliphatic heterocycles. The molecule has 0 radical (unpaired) electrons. The van der Waals surface area contributed by atoms with Crippen molar-refractivity contribution in [2.45, 2.75) is 6.42 Å². The predicted molar refractivity (Wildman–Crippen MR) is 102 cm³/mol. The van der Waals surface area contributed by atoms with Crippen LogP contribution in [0.1, 0.15) is 11.1 Å². The second kappa shape index (κ2) is 7.64. The molecule has 0 saturated heterocycles. The number of carbonyl (C=O) groups excluding carboxylic acids is 1. The minimum atomic E-state index is -0.677. The minimum Gasteiger partial charge on any atom is -0.359 e. The number of primary amides is 1. The number of nitrogens with one attached hydrogen (secondary N) is 1. The van der Waals surface area contributed by atoms with Crippen LogP contribution in [-0.2, 0) is 11.2 Å². The van der Waals surface area contributed by atoms with Crippen LogP contribution < -0.4 is 11.1 Å². The summed E-state index contributed by atoms with van der Waals surface area (Å²) < 4.78 is 0.917. The van der Waals surface area contributed by atoms with E-state index in [4.69, 9.17) is 5.73 Å². The lowest BCUT2D eigenvalue weighted by Gasteiger charge is -2.12. The Hall–Kier alpha value is -3.42. The first-order valence-electron chi connectivity index (χ1n) is 7.55. The molecule has 0 bridgehead atoms. The zero-order chi connectivity index (χ0) is 18.5. The van der Waals surface area contributed by atoms with Crippen LogP contribution in [0, 0.1) is 23.2 Å². The van der Waals surface area contributed by atoms with Crippen molar-refractivity contribution in [1.82, 2.24) is 9.97 Å². The van der Waals surface area contributed by atoms with Crippen LogP contribution >= 0.6 is 15.9 Å². The first-order chi connectivity index (χ1) is 12.6. The van der Waals surface area contributed by atoms with Gasteiger partial charge in [-0.25, -0.2) is 9.97 Å². The third kappa shape index (κ3) is 3.97. The fourth-order valence-corrected chi connectivity index (χ4v) is 2.78. The number of carbonyl (C=O) groups is 1. The largest absolute Gasteiger partial charge is 0.359 e. The van der Waals surface area contributed by atoms with Gasteiger partial charge in [-0.2, -0.15) is 5.26 Å². The van der Waals surface area contributed by atoms with Crippen LogP contribution in [0.5, 0.6) is 0 Å². The van der Waals surface area contributed by atoms with Crippen molar-refractivity contribution >= 4 is 44.2 Å². The predicted octanol–water partition coefficient (Wildman–Crippen LogP) is 3.04. The lowest BCUT2D eigenvalue weighted by Crippen LogP contribution is -2.06. The topological polar surface area (TPSA) is 105 Å². The maximum absolute atomic E-state index is 10.7. The average molecular weight is 406 g/mol. The molecule has 0 fully saturated rings. The van der Waals surface area contributed by atoms with Gasteiger partial charge >= 0.3 is 0 Å². The number of halogens is 1. The van der Waals surface area contributed by atoms with Gasteiger partial charge in [0.25, 0.3) is 5.91 Å². The molecule has 3 aromatic rings. The van der Waals surface area contributed by atoms with Crippen LogP contribution in [0.4, 0.5) is 11.4 Å². The van der Waals surface area contributed by atoms with Crippen LogP contribution in [0.15, 0.2) is 47.2 Å². The maximum atomic E-state index is 10.7. The zero-order valence-corrected chi connectivity index (χ0v) is 15.0. The number of nitriles is 1. The molecule has 0 spiro atoms. The number of benzene rings is 1. The molecule has 1 amide bonds. The van der Waals surface area contributed by atoms with Crippen LogP contribution in [0.25, 0.3) is 11.0 Å². The van der Waals surface area contributed by atoms with Crippen molar-refractivity contribution in [3.8, 4) is 17.9 Å². The molecular weight excluding hydrogens is 394 g/mol. The molecule has 7 heteroatoms. The van der Waals surface area contributed by atoms with Crippen LogP contribution in [0.2, 0.25) is 0 Å². The third-order valence-corrected chi connectivity index (χ3v) is 3.99. The van der Waals surface area contributed by atoms with E-state index in [1.165, 1.54) is 6.20 Å². The zero-order valence-electron chi connectivity index (χ0n) is 13.5. The van der Waals surface area contributed by atoms with Gasteiger partial charge in [-0.15, -0.1) is 0 Å². The van der Waals surface area contributed by atoms with E-state index < -0.39 is 5.91 Å². The molecule has 0 aliphatic carbocycles. The van der Waals surface area contributed by atoms with Gasteiger partial charge in [0.1, 0.15) is 6.07 Å². The Morgan fingerprint density at radius 3 is 2.81 bits per heavy atom. The Morgan fingerprint density at radius 1 is 1.27 bits per heavy atom. The minimum absolute atomic E-state index is 0.318. The number of hydrogen-bond acceptors (Lipinski definition) is 5. The summed E-state index contributed by atoms with van der Waals surface area (Å²) in [6.45, 7) is 0. The molecule has 0 atom stereocenters. The molecular formula is C19H12BrN5O. The summed E-state index contributed by atoms with van der Waals surface area (Å²) >= 11 is 3.43. The number of rotatable bonds is 3. The Morgan fingerprint density at radius 2 is 2.08 bits per heavy atom. The van der Waals surface area contributed by atoms with E-state index in [-0.39, 0.29) is 0 Å². The highest BCUT2D eigenvalue weighted by atomic mass is 79.9. The number of amides is 1. The van der Waals surface area contributed by atoms with Crippen molar-refractivity contribution in [1.29, 1.82) is 5.26 Å². The standard InChI is InChI=1S/C19H12BrN5O/c20-14-4-2-5-15(8-14)25-18-13(9-21)11-24-19-16(18)7-12(10-23-19)3-1-6-17(22)26/h2,4-5,7-8,10-11H,3H2,(H2,22,26)(H,23,24,25). The van der Waals surface area contributed by atoms with Crippen molar-refractivity contribution in [3.05, 3.63) is 58.3 Å². The SMILES string of the molecule is N#Cc1cnc2ncc(CC#CC(N)=O)cc2c1Nc1cccc(Br)c1. The number of nitrogens with two attached hydrogens (primary N) is 1. The fourth-order valence-electron chi connectivity index (χ4n) is 2.38. The summed E-state index contributed by atoms with van der Waals surface area (Å²) in [6, 6.07) is 11.6. The van der Waals surface area contributed by atoms with Gasteiger partial charge in [0, 0.05) is 34.4 Å². The summed E-state index contributed by atoms with van der Waals surface area (Å²) in [6.07, 6.45) is 3.45. The first kappa shape index (κ1) is 17.4. The Bertz CT molecular complexity index is 1110. The Balaban J connectivity index is 2.08. The van der Waals surface area contributed by atoms with Gasteiger partial charge in [0.15, 0.2) is 5.65 Å². The van der Waals surface area contributed by atoms with E-state index in [0.717, 1.165) is 15.7 Å². The fraction of sp³-hybridized carbons (Fsp3) is 0.0526. The van der Waals surface area contributed by atoms with Gasteiger partial charge in [0.05, 0.1) is 11.3 Å². The molecule has 2 heterocycles. The second-order valence-electron chi connectivity index (χ2n) is 5.35. The van der Waals surface area contributed by atoms with Crippen molar-refractivity contribution < 1.29 is 4.79 Å². The van der Waals surface area contributed by atoms with Crippen molar-refractivity contribution in [2.24, 2.45) is 5.73 Å². The normalized spacial score (nSPS) is 9.85. The number of anilines is 2. The molecule has 126 valence electrons. The second-order valence-corrected chi connectivity index (χ2v) is 6.27. The van der Waals surface area contributed by atoms with E-state index in [1.807, 2.05) is 30.3 Å². The monoisotopic (exact) mass is 405 g/mol. The Labute approximate surface area is 158 Å². The van der Waals surface area contributed by atoms with Gasteiger partial charge in [0.2, 0.25) is 0 Å². The Kier molecular flexibility index (Phi) is 5.12. The maximum Gasteiger partial charge on any atom is 0.293 e. The lowest BCUT2D eigenvalue weighted by molar-refractivity contribution is -0.112. The molecule has 3 rings (SSSR count). The third-order valence-electron chi connectivity index (χ3n) is 3.50. The number of pyridine rings is 2. The molecule has 26 heavy (non-hydrogen) atoms. The van der Waals surface area contributed by atoms with E-state index in [0.29, 0.717) is 28.7 Å². The van der Waals surface area contributed by atoms with Crippen LogP contribution in [0.3, 0.4) is 0 Å². The summed E-state index contributed by atoms with van der Waals surface area (Å²) in [4.78, 5) is 19.3. The summed E-state index contributed by atoms with van der Waals surface area (Å²) in [7, 11) is 0. The smallest absolute Gasteiger partial charge is 0.293 e. The lowest BCUT2D eigenvalue weighted by atomic mass is 10.1. The van der Waals surface area contributed by atoms with Crippen LogP contribution in [-0.4, -0.2) is 15.9 Å². The van der Waals surface area contributed by atoms with Crippen molar-refractivity contribution in [3.63, 3.8) is 0 Å². The highest BCUT2D eigenvalue weighted by molar-refractivity contribution is 9.10. The highest BCUT2D eigenvalue weighted by Gasteiger charge is 2.11. The summed E-state index contributed by atoms with van der Waals surface area (Å²) in [5.74, 6) is 4.32. The summed E-state index contributed by atoms with van der Waals surface area (Å²) in [5, 5.41) is 13.4. The summed E-state index contributed by atoms with van der Waals surface area (Å²) in [5.41, 5.74) is 8.16. The molecule has 0 unspecified atom stereocenters. The number of nitrogens with zero attached hydrogens (tertiary/aromatic N) is 3. The van der Waals surface area contributed by atoms with Crippen molar-refractivity contribution in [2.75, 3.05) is 5.32 Å². The molecule has 3 N–H and O–H groups in total. The van der Waals surface area contributed by atoms with Gasteiger partial charge in [-0.05, 0) is 35.7 Å². The first-order valence-corrected chi connectivity index (χ1v) is 8.35. The van der Waals surface area contributed by atoms with E-state index in [2.05, 4.69) is 49.1 Å². The van der Waals surface area contributed by atoms with E-state index in [9.17, 15) is 10.1 Å². The molecule has 6 nitrogen and oxygen atoms in total. The molecule has 1 aromatic carbocycles. The number of hydrogen-bond donors (Lipinski definition) is 2. The molecule has 0 saturated carbocycles. The van der Waals surface area contributed by atoms with Gasteiger partial charge < -0.3 is 11.1 Å². The van der Waals surface area contributed by atoms with E-state index >= 15 is 0 Å². The number of aromatic nitrogens is 2. The quantitative estimate of drug-likeness (QED) is 0.651.